The predicted octanol–water partition coefficient (Wildman–Crippen LogP) is 3.90. The number of nitrogens with one attached hydrogen (secondary N) is 1. The Morgan fingerprint density at radius 3 is 3.06 bits per heavy atom. The van der Waals surface area contributed by atoms with Gasteiger partial charge in [-0.15, -0.1) is 0 Å². The minimum atomic E-state index is 0.176. The van der Waals surface area contributed by atoms with Crippen molar-refractivity contribution in [3.8, 4) is 0 Å². The van der Waals surface area contributed by atoms with Gasteiger partial charge in [0.2, 0.25) is 0 Å². The molecule has 0 amide bonds. The van der Waals surface area contributed by atoms with Crippen molar-refractivity contribution in [3.63, 3.8) is 0 Å². The average molecular weight is 293 g/mol. The van der Waals surface area contributed by atoms with Gasteiger partial charge < -0.3 is 10.7 Å². The van der Waals surface area contributed by atoms with Crippen LogP contribution in [0.3, 0.4) is 0 Å². The van der Waals surface area contributed by atoms with Gasteiger partial charge in [-0.2, -0.15) is 0 Å². The van der Waals surface area contributed by atoms with Crippen LogP contribution in [0.5, 0.6) is 0 Å². The van der Waals surface area contributed by atoms with Crippen LogP contribution in [0.15, 0.2) is 22.7 Å². The topological polar surface area (TPSA) is 41.8 Å². The zero-order valence-corrected chi connectivity index (χ0v) is 11.5. The van der Waals surface area contributed by atoms with Crippen LogP contribution in [0, 0.1) is 5.92 Å². The van der Waals surface area contributed by atoms with E-state index in [1.165, 1.54) is 28.6 Å². The molecule has 2 nitrogen and oxygen atoms in total. The molecule has 0 radical (unpaired) electrons. The van der Waals surface area contributed by atoms with Gasteiger partial charge in [0, 0.05) is 27.1 Å². The number of aromatic amines is 1. The van der Waals surface area contributed by atoms with E-state index in [-0.39, 0.29) is 6.04 Å². The molecule has 17 heavy (non-hydrogen) atoms. The highest BCUT2D eigenvalue weighted by Gasteiger charge is 2.26. The number of fused-ring (bicyclic) bond motifs is 3. The van der Waals surface area contributed by atoms with Gasteiger partial charge in [-0.3, -0.25) is 0 Å². The first-order chi connectivity index (χ1) is 8.19. The van der Waals surface area contributed by atoms with Gasteiger partial charge in [0.1, 0.15) is 0 Å². The zero-order valence-electron chi connectivity index (χ0n) is 9.96. The standard InChI is InChI=1S/C14H17BrN2/c1-2-8-5-11-10-7-9(15)3-4-13(10)17-14(11)12(16)6-8/h3-4,7-8,12,17H,2,5-6,16H2,1H3. The molecule has 1 aromatic carbocycles. The van der Waals surface area contributed by atoms with Gasteiger partial charge >= 0.3 is 0 Å². The molecule has 1 aromatic heterocycles. The Kier molecular flexibility index (Phi) is 2.75. The number of aromatic nitrogens is 1. The van der Waals surface area contributed by atoms with Crippen LogP contribution in [0.4, 0.5) is 0 Å². The van der Waals surface area contributed by atoms with Crippen molar-refractivity contribution >= 4 is 26.8 Å². The van der Waals surface area contributed by atoms with Crippen molar-refractivity contribution in [2.45, 2.75) is 32.2 Å². The molecule has 2 unspecified atom stereocenters. The molecule has 1 aliphatic carbocycles. The molecule has 0 spiro atoms. The molecule has 3 heteroatoms. The highest BCUT2D eigenvalue weighted by Crippen LogP contribution is 2.37. The third-order valence-corrected chi connectivity index (χ3v) is 4.42. The van der Waals surface area contributed by atoms with Crippen LogP contribution in [0.2, 0.25) is 0 Å². The first-order valence-electron chi connectivity index (χ1n) is 6.24. The summed E-state index contributed by atoms with van der Waals surface area (Å²) >= 11 is 3.55. The molecule has 0 aliphatic heterocycles. The number of hydrogen-bond acceptors (Lipinski definition) is 1. The molecule has 0 saturated carbocycles. The van der Waals surface area contributed by atoms with E-state index in [0.717, 1.165) is 23.2 Å². The van der Waals surface area contributed by atoms with Crippen LogP contribution in [-0.4, -0.2) is 4.98 Å². The Labute approximate surface area is 110 Å². The quantitative estimate of drug-likeness (QED) is 0.822. The lowest BCUT2D eigenvalue weighted by Crippen LogP contribution is -2.23. The van der Waals surface area contributed by atoms with Crippen molar-refractivity contribution in [1.82, 2.24) is 4.98 Å². The summed E-state index contributed by atoms with van der Waals surface area (Å²) in [5.74, 6) is 0.732. The van der Waals surface area contributed by atoms with Crippen LogP contribution >= 0.6 is 15.9 Å². The van der Waals surface area contributed by atoms with Crippen molar-refractivity contribution in [2.75, 3.05) is 0 Å². The first-order valence-corrected chi connectivity index (χ1v) is 7.04. The van der Waals surface area contributed by atoms with Crippen LogP contribution in [0.1, 0.15) is 37.1 Å². The normalized spacial score (nSPS) is 23.9. The third kappa shape index (κ3) is 1.81. The Hall–Kier alpha value is -0.800. The molecular weight excluding hydrogens is 276 g/mol. The molecule has 90 valence electrons. The summed E-state index contributed by atoms with van der Waals surface area (Å²) in [4.78, 5) is 3.49. The van der Waals surface area contributed by atoms with Gasteiger partial charge in [-0.25, -0.2) is 0 Å². The van der Waals surface area contributed by atoms with E-state index < -0.39 is 0 Å². The number of halogens is 1. The second-order valence-electron chi connectivity index (χ2n) is 5.03. The molecule has 0 saturated heterocycles. The summed E-state index contributed by atoms with van der Waals surface area (Å²) in [6.07, 6.45) is 3.49. The molecule has 2 atom stereocenters. The van der Waals surface area contributed by atoms with Crippen LogP contribution < -0.4 is 5.73 Å². The van der Waals surface area contributed by atoms with Crippen molar-refractivity contribution in [1.29, 1.82) is 0 Å². The van der Waals surface area contributed by atoms with Gasteiger partial charge in [0.15, 0.2) is 0 Å². The summed E-state index contributed by atoms with van der Waals surface area (Å²) in [6.45, 7) is 2.26. The fourth-order valence-corrected chi connectivity index (χ4v) is 3.30. The highest BCUT2D eigenvalue weighted by molar-refractivity contribution is 9.10. The van der Waals surface area contributed by atoms with Crippen molar-refractivity contribution in [2.24, 2.45) is 11.7 Å². The second kappa shape index (κ2) is 4.14. The molecule has 3 N–H and O–H groups in total. The summed E-state index contributed by atoms with van der Waals surface area (Å²) in [5.41, 5.74) is 10.2. The summed E-state index contributed by atoms with van der Waals surface area (Å²) in [7, 11) is 0. The zero-order chi connectivity index (χ0) is 12.0. The van der Waals surface area contributed by atoms with Gasteiger partial charge in [-0.05, 0) is 42.5 Å². The largest absolute Gasteiger partial charge is 0.357 e. The molecular formula is C14H17BrN2. The number of benzene rings is 1. The Balaban J connectivity index is 2.19. The van der Waals surface area contributed by atoms with Crippen LogP contribution in [0.25, 0.3) is 10.9 Å². The van der Waals surface area contributed by atoms with Gasteiger partial charge in [-0.1, -0.05) is 29.3 Å². The Morgan fingerprint density at radius 2 is 2.29 bits per heavy atom. The maximum absolute atomic E-state index is 6.27. The SMILES string of the molecule is CCC1Cc2c([nH]c3ccc(Br)cc23)C(N)C1. The van der Waals surface area contributed by atoms with Crippen LogP contribution in [-0.2, 0) is 6.42 Å². The van der Waals surface area contributed by atoms with E-state index in [2.05, 4.69) is 46.0 Å². The molecule has 2 aromatic rings. The predicted molar refractivity (Wildman–Crippen MR) is 75.0 cm³/mol. The van der Waals surface area contributed by atoms with E-state index in [0.29, 0.717) is 0 Å². The third-order valence-electron chi connectivity index (χ3n) is 3.93. The number of rotatable bonds is 1. The van der Waals surface area contributed by atoms with E-state index >= 15 is 0 Å². The molecule has 0 fully saturated rings. The lowest BCUT2D eigenvalue weighted by Gasteiger charge is -2.26. The molecule has 1 aliphatic rings. The number of hydrogen-bond donors (Lipinski definition) is 2. The molecule has 0 bridgehead atoms. The van der Waals surface area contributed by atoms with E-state index in [4.69, 9.17) is 5.73 Å². The first kappa shape index (κ1) is 11.3. The summed E-state index contributed by atoms with van der Waals surface area (Å²) in [6, 6.07) is 6.59. The minimum absolute atomic E-state index is 0.176. The Morgan fingerprint density at radius 1 is 1.47 bits per heavy atom. The maximum Gasteiger partial charge on any atom is 0.0460 e. The molecule has 1 heterocycles. The second-order valence-corrected chi connectivity index (χ2v) is 5.94. The number of nitrogens with two attached hydrogens (primary N) is 1. The lowest BCUT2D eigenvalue weighted by atomic mass is 9.82. The minimum Gasteiger partial charge on any atom is -0.357 e. The maximum atomic E-state index is 6.27. The molecule has 3 rings (SSSR count). The van der Waals surface area contributed by atoms with Crippen molar-refractivity contribution < 1.29 is 0 Å². The van der Waals surface area contributed by atoms with Crippen molar-refractivity contribution in [3.05, 3.63) is 33.9 Å². The van der Waals surface area contributed by atoms with E-state index in [9.17, 15) is 0 Å². The lowest BCUT2D eigenvalue weighted by molar-refractivity contribution is 0.394. The summed E-state index contributed by atoms with van der Waals surface area (Å²) < 4.78 is 1.14. The van der Waals surface area contributed by atoms with E-state index in [1.807, 2.05) is 0 Å². The highest BCUT2D eigenvalue weighted by atomic mass is 79.9. The fourth-order valence-electron chi connectivity index (χ4n) is 2.94. The monoisotopic (exact) mass is 292 g/mol. The summed E-state index contributed by atoms with van der Waals surface area (Å²) in [5, 5.41) is 1.34. The van der Waals surface area contributed by atoms with Gasteiger partial charge in [0.25, 0.3) is 0 Å². The number of H-pyrrole nitrogens is 1. The fraction of sp³-hybridized carbons (Fsp3) is 0.429. The van der Waals surface area contributed by atoms with E-state index in [1.54, 1.807) is 0 Å². The van der Waals surface area contributed by atoms with Gasteiger partial charge in [0.05, 0.1) is 0 Å². The average Bonchev–Trinajstić information content (AvgIpc) is 2.68. The Bertz CT molecular complexity index is 559. The smallest absolute Gasteiger partial charge is 0.0460 e.